The molecule has 1 aromatic heterocycles. The third kappa shape index (κ3) is 7.12. The Bertz CT molecular complexity index is 1380. The number of rotatable bonds is 11. The fourth-order valence-corrected chi connectivity index (χ4v) is 4.91. The van der Waals surface area contributed by atoms with E-state index in [1.165, 1.54) is 18.3 Å². The summed E-state index contributed by atoms with van der Waals surface area (Å²) in [7, 11) is -4.23. The quantitative estimate of drug-likeness (QED) is 0.228. The van der Waals surface area contributed by atoms with Crippen molar-refractivity contribution in [2.24, 2.45) is 5.92 Å². The van der Waals surface area contributed by atoms with Crippen molar-refractivity contribution in [3.8, 4) is 0 Å². The smallest absolute Gasteiger partial charge is 0.322 e. The van der Waals surface area contributed by atoms with Gasteiger partial charge in [-0.3, -0.25) is 9.59 Å². The van der Waals surface area contributed by atoms with Crippen molar-refractivity contribution >= 4 is 22.0 Å². The molecule has 0 unspecified atom stereocenters. The average Bonchev–Trinajstić information content (AvgIpc) is 2.96. The standard InChI is InChI=1S/C29H26N2O6S/c32-28(36-20-22-12-4-1-5-13-22)26(29(33)37-21-23-14-6-2-7-15-23)27(24-16-8-3-9-17-24)31-38(34,35)25-18-10-11-19-30-25/h1-19,26-27,31H,20-21H2/t27-/m1/s1. The average molecular weight is 531 g/mol. The minimum absolute atomic E-state index is 0.101. The van der Waals surface area contributed by atoms with Crippen molar-refractivity contribution in [3.63, 3.8) is 0 Å². The number of ether oxygens (including phenoxy) is 2. The Morgan fingerprint density at radius 1 is 0.684 bits per heavy atom. The molecule has 1 atom stereocenters. The SMILES string of the molecule is O=C(OCc1ccccc1)C(C(=O)OCc1ccccc1)[C@H](NS(=O)(=O)c1ccccn1)c1ccccc1. The molecular formula is C29H26N2O6S. The van der Waals surface area contributed by atoms with Crippen molar-refractivity contribution in [2.45, 2.75) is 24.3 Å². The first-order chi connectivity index (χ1) is 18.4. The predicted octanol–water partition coefficient (Wildman–Crippen LogP) is 4.20. The number of nitrogens with zero attached hydrogens (tertiary/aromatic N) is 1. The van der Waals surface area contributed by atoms with E-state index in [2.05, 4.69) is 9.71 Å². The molecule has 194 valence electrons. The van der Waals surface area contributed by atoms with Crippen LogP contribution < -0.4 is 4.72 Å². The Hall–Kier alpha value is -4.34. The van der Waals surface area contributed by atoms with Gasteiger partial charge in [-0.1, -0.05) is 97.1 Å². The molecule has 0 amide bonds. The maximum Gasteiger partial charge on any atom is 0.322 e. The number of pyridine rings is 1. The van der Waals surface area contributed by atoms with Gasteiger partial charge in [0, 0.05) is 6.20 Å². The summed E-state index contributed by atoms with van der Waals surface area (Å²) < 4.78 is 40.0. The molecule has 8 nitrogen and oxygen atoms in total. The molecule has 38 heavy (non-hydrogen) atoms. The number of aromatic nitrogens is 1. The van der Waals surface area contributed by atoms with Crippen LogP contribution in [0.3, 0.4) is 0 Å². The molecule has 4 rings (SSSR count). The number of hydrogen-bond donors (Lipinski definition) is 1. The lowest BCUT2D eigenvalue weighted by atomic mass is 9.93. The van der Waals surface area contributed by atoms with E-state index in [9.17, 15) is 18.0 Å². The highest BCUT2D eigenvalue weighted by Gasteiger charge is 2.41. The van der Waals surface area contributed by atoms with Crippen LogP contribution in [-0.2, 0) is 42.3 Å². The van der Waals surface area contributed by atoms with Crippen molar-refractivity contribution in [2.75, 3.05) is 0 Å². The zero-order valence-corrected chi connectivity index (χ0v) is 21.2. The third-order valence-corrected chi connectivity index (χ3v) is 7.00. The molecule has 0 aliphatic carbocycles. The van der Waals surface area contributed by atoms with Gasteiger partial charge in [-0.2, -0.15) is 0 Å². The lowest BCUT2D eigenvalue weighted by Gasteiger charge is -2.25. The van der Waals surface area contributed by atoms with Crippen LogP contribution in [0, 0.1) is 5.92 Å². The van der Waals surface area contributed by atoms with Crippen molar-refractivity contribution in [1.82, 2.24) is 9.71 Å². The molecule has 0 saturated heterocycles. The summed E-state index contributed by atoms with van der Waals surface area (Å²) in [6, 6.07) is 29.4. The fraction of sp³-hybridized carbons (Fsp3) is 0.138. The number of nitrogens with one attached hydrogen (secondary N) is 1. The highest BCUT2D eigenvalue weighted by atomic mass is 32.2. The van der Waals surface area contributed by atoms with Crippen molar-refractivity contribution < 1.29 is 27.5 Å². The van der Waals surface area contributed by atoms with Crippen LogP contribution in [0.5, 0.6) is 0 Å². The highest BCUT2D eigenvalue weighted by molar-refractivity contribution is 7.89. The number of carbonyl (C=O) groups is 2. The number of sulfonamides is 1. The molecule has 1 heterocycles. The van der Waals surface area contributed by atoms with Crippen LogP contribution in [-0.4, -0.2) is 25.3 Å². The van der Waals surface area contributed by atoms with Crippen LogP contribution in [0.25, 0.3) is 0 Å². The summed E-state index contributed by atoms with van der Waals surface area (Å²) in [5.41, 5.74) is 1.80. The van der Waals surface area contributed by atoms with E-state index in [-0.39, 0.29) is 18.2 Å². The molecule has 3 aromatic carbocycles. The summed E-state index contributed by atoms with van der Waals surface area (Å²) in [4.78, 5) is 30.8. The summed E-state index contributed by atoms with van der Waals surface area (Å²) >= 11 is 0. The Balaban J connectivity index is 1.67. The van der Waals surface area contributed by atoms with Gasteiger partial charge in [-0.25, -0.2) is 18.1 Å². The van der Waals surface area contributed by atoms with Crippen molar-refractivity contribution in [1.29, 1.82) is 0 Å². The summed E-state index contributed by atoms with van der Waals surface area (Å²) in [5, 5.41) is -0.255. The molecular weight excluding hydrogens is 504 g/mol. The Labute approximate surface area is 221 Å². The second kappa shape index (κ2) is 12.8. The fourth-order valence-electron chi connectivity index (χ4n) is 3.73. The maximum absolute atomic E-state index is 13.4. The number of carbonyl (C=O) groups excluding carboxylic acids is 2. The molecule has 1 N–H and O–H groups in total. The largest absolute Gasteiger partial charge is 0.460 e. The highest BCUT2D eigenvalue weighted by Crippen LogP contribution is 2.28. The second-order valence-electron chi connectivity index (χ2n) is 8.34. The first-order valence-electron chi connectivity index (χ1n) is 11.8. The molecule has 0 saturated carbocycles. The molecule has 0 aliphatic heterocycles. The molecule has 0 radical (unpaired) electrons. The first kappa shape index (κ1) is 26.7. The van der Waals surface area contributed by atoms with Gasteiger partial charge in [-0.15, -0.1) is 0 Å². The van der Waals surface area contributed by atoms with Gasteiger partial charge >= 0.3 is 11.9 Å². The summed E-state index contributed by atoms with van der Waals surface area (Å²) in [6.45, 7) is -0.201. The van der Waals surface area contributed by atoms with E-state index >= 15 is 0 Å². The van der Waals surface area contributed by atoms with E-state index in [1.54, 1.807) is 84.9 Å². The molecule has 9 heteroatoms. The third-order valence-electron chi connectivity index (χ3n) is 5.64. The van der Waals surface area contributed by atoms with Gasteiger partial charge < -0.3 is 9.47 Å². The Morgan fingerprint density at radius 3 is 1.63 bits per heavy atom. The second-order valence-corrected chi connectivity index (χ2v) is 10.0. The van der Waals surface area contributed by atoms with E-state index in [4.69, 9.17) is 9.47 Å². The topological polar surface area (TPSA) is 112 Å². The van der Waals surface area contributed by atoms with Gasteiger partial charge in [-0.05, 0) is 28.8 Å². The number of hydrogen-bond acceptors (Lipinski definition) is 7. The van der Waals surface area contributed by atoms with E-state index in [1.807, 2.05) is 12.1 Å². The molecule has 0 fully saturated rings. The minimum Gasteiger partial charge on any atom is -0.460 e. The van der Waals surface area contributed by atoms with Gasteiger partial charge in [0.25, 0.3) is 10.0 Å². The Morgan fingerprint density at radius 2 is 1.16 bits per heavy atom. The van der Waals surface area contributed by atoms with Gasteiger partial charge in [0.2, 0.25) is 0 Å². The van der Waals surface area contributed by atoms with Crippen LogP contribution in [0.15, 0.2) is 120 Å². The molecule has 4 aromatic rings. The zero-order chi connectivity index (χ0) is 26.8. The van der Waals surface area contributed by atoms with Crippen LogP contribution in [0.2, 0.25) is 0 Å². The van der Waals surface area contributed by atoms with Crippen molar-refractivity contribution in [3.05, 3.63) is 132 Å². The summed E-state index contributed by atoms with van der Waals surface area (Å²) in [6.07, 6.45) is 1.34. The van der Waals surface area contributed by atoms with Gasteiger partial charge in [0.1, 0.15) is 13.2 Å². The predicted molar refractivity (Wildman–Crippen MR) is 140 cm³/mol. The molecule has 0 spiro atoms. The van der Waals surface area contributed by atoms with Gasteiger partial charge in [0.05, 0.1) is 6.04 Å². The number of benzene rings is 3. The minimum atomic E-state index is -4.23. The van der Waals surface area contributed by atoms with Crippen LogP contribution in [0.1, 0.15) is 22.7 Å². The van der Waals surface area contributed by atoms with Crippen LogP contribution in [0.4, 0.5) is 0 Å². The molecule has 0 aliphatic rings. The normalized spacial score (nSPS) is 12.0. The molecule has 0 bridgehead atoms. The van der Waals surface area contributed by atoms with E-state index in [0.717, 1.165) is 0 Å². The van der Waals surface area contributed by atoms with Crippen LogP contribution >= 0.6 is 0 Å². The maximum atomic E-state index is 13.4. The van der Waals surface area contributed by atoms with E-state index < -0.39 is 33.9 Å². The monoisotopic (exact) mass is 530 g/mol. The number of esters is 2. The van der Waals surface area contributed by atoms with E-state index in [0.29, 0.717) is 16.7 Å². The zero-order valence-electron chi connectivity index (χ0n) is 20.3. The first-order valence-corrected chi connectivity index (χ1v) is 13.3. The lowest BCUT2D eigenvalue weighted by molar-refractivity contribution is -0.165. The summed E-state index contributed by atoms with van der Waals surface area (Å²) in [5.74, 6) is -3.49. The lowest BCUT2D eigenvalue weighted by Crippen LogP contribution is -2.42. The Kier molecular flexibility index (Phi) is 8.97. The van der Waals surface area contributed by atoms with Gasteiger partial charge in [0.15, 0.2) is 10.9 Å².